The zero-order valence-corrected chi connectivity index (χ0v) is 12.1. The lowest BCUT2D eigenvalue weighted by Gasteiger charge is -2.30. The number of nitro groups is 1. The highest BCUT2D eigenvalue weighted by Crippen LogP contribution is 2.44. The summed E-state index contributed by atoms with van der Waals surface area (Å²) in [5.74, 6) is 1.73. The third kappa shape index (κ3) is 3.06. The molecule has 2 fully saturated rings. The maximum Gasteiger partial charge on any atom is 0.293 e. The van der Waals surface area contributed by atoms with Gasteiger partial charge in [0.2, 0.25) is 0 Å². The molecule has 0 radical (unpaired) electrons. The molecule has 0 spiro atoms. The summed E-state index contributed by atoms with van der Waals surface area (Å²) in [6, 6.07) is 5.21. The first-order valence-electron chi connectivity index (χ1n) is 7.34. The van der Waals surface area contributed by atoms with E-state index in [1.165, 1.54) is 31.7 Å². The first-order valence-corrected chi connectivity index (χ1v) is 7.72. The molecule has 0 heterocycles. The van der Waals surface area contributed by atoms with Gasteiger partial charge in [0, 0.05) is 17.1 Å². The van der Waals surface area contributed by atoms with Crippen molar-refractivity contribution in [2.24, 2.45) is 11.8 Å². The van der Waals surface area contributed by atoms with Gasteiger partial charge in [0.05, 0.1) is 4.92 Å². The lowest BCUT2D eigenvalue weighted by Crippen LogP contribution is -2.28. The Hall–Kier alpha value is -1.29. The van der Waals surface area contributed by atoms with Crippen LogP contribution < -0.4 is 5.32 Å². The first-order chi connectivity index (χ1) is 9.63. The van der Waals surface area contributed by atoms with Gasteiger partial charge in [-0.1, -0.05) is 24.4 Å². The van der Waals surface area contributed by atoms with Crippen LogP contribution >= 0.6 is 11.6 Å². The summed E-state index contributed by atoms with van der Waals surface area (Å²) in [6.45, 7) is 0. The molecule has 0 aliphatic heterocycles. The van der Waals surface area contributed by atoms with E-state index in [-0.39, 0.29) is 10.6 Å². The highest BCUT2D eigenvalue weighted by molar-refractivity contribution is 6.30. The van der Waals surface area contributed by atoms with Crippen LogP contribution in [-0.2, 0) is 0 Å². The first kappa shape index (κ1) is 13.7. The summed E-state index contributed by atoms with van der Waals surface area (Å²) in [4.78, 5) is 10.7. The summed E-state index contributed by atoms with van der Waals surface area (Å²) in [5.41, 5.74) is 0.673. The molecular weight excluding hydrogens is 276 g/mol. The van der Waals surface area contributed by atoms with E-state index >= 15 is 0 Å². The lowest BCUT2D eigenvalue weighted by molar-refractivity contribution is -0.384. The number of hydrogen-bond acceptors (Lipinski definition) is 3. The van der Waals surface area contributed by atoms with Crippen molar-refractivity contribution in [2.75, 3.05) is 5.32 Å². The third-order valence-electron chi connectivity index (χ3n) is 4.52. The van der Waals surface area contributed by atoms with Crippen LogP contribution in [0.15, 0.2) is 18.2 Å². The van der Waals surface area contributed by atoms with Gasteiger partial charge in [0.25, 0.3) is 5.69 Å². The third-order valence-corrected chi connectivity index (χ3v) is 4.75. The predicted octanol–water partition coefficient (Wildman–Crippen LogP) is 4.63. The van der Waals surface area contributed by atoms with Gasteiger partial charge in [-0.3, -0.25) is 10.1 Å². The van der Waals surface area contributed by atoms with E-state index in [2.05, 4.69) is 5.32 Å². The Morgan fingerprint density at radius 3 is 2.70 bits per heavy atom. The second kappa shape index (κ2) is 5.60. The van der Waals surface area contributed by atoms with Gasteiger partial charge in [-0.2, -0.15) is 0 Å². The van der Waals surface area contributed by atoms with Crippen LogP contribution in [-0.4, -0.2) is 11.0 Å². The van der Waals surface area contributed by atoms with E-state index in [0.29, 0.717) is 16.8 Å². The van der Waals surface area contributed by atoms with Crippen molar-refractivity contribution in [3.05, 3.63) is 33.3 Å². The minimum atomic E-state index is -0.366. The molecule has 108 valence electrons. The average molecular weight is 295 g/mol. The Labute approximate surface area is 123 Å². The lowest BCUT2D eigenvalue weighted by atomic mass is 9.82. The van der Waals surface area contributed by atoms with E-state index in [9.17, 15) is 10.1 Å². The molecule has 20 heavy (non-hydrogen) atoms. The molecule has 3 rings (SSSR count). The van der Waals surface area contributed by atoms with Crippen molar-refractivity contribution in [1.82, 2.24) is 0 Å². The van der Waals surface area contributed by atoms with Gasteiger partial charge < -0.3 is 5.32 Å². The summed E-state index contributed by atoms with van der Waals surface area (Å²) < 4.78 is 0. The molecular formula is C15H19ClN2O2. The summed E-state index contributed by atoms with van der Waals surface area (Å²) in [5, 5.41) is 14.9. The molecule has 2 saturated carbocycles. The smallest absolute Gasteiger partial charge is 0.293 e. The van der Waals surface area contributed by atoms with Crippen LogP contribution in [0.5, 0.6) is 0 Å². The molecule has 4 nitrogen and oxygen atoms in total. The van der Waals surface area contributed by atoms with Gasteiger partial charge in [0.15, 0.2) is 0 Å². The van der Waals surface area contributed by atoms with Crippen LogP contribution in [0.3, 0.4) is 0 Å². The molecule has 0 saturated heterocycles. The molecule has 1 N–H and O–H groups in total. The molecule has 1 aromatic rings. The van der Waals surface area contributed by atoms with Crippen LogP contribution in [0.25, 0.3) is 0 Å². The van der Waals surface area contributed by atoms with E-state index in [0.717, 1.165) is 24.7 Å². The number of nitro benzene ring substituents is 1. The molecule has 5 heteroatoms. The van der Waals surface area contributed by atoms with Crippen molar-refractivity contribution < 1.29 is 4.92 Å². The highest BCUT2D eigenvalue weighted by Gasteiger charge is 2.35. The minimum absolute atomic E-state index is 0.0750. The number of benzene rings is 1. The molecule has 0 aromatic heterocycles. The van der Waals surface area contributed by atoms with Crippen LogP contribution in [0.2, 0.25) is 5.02 Å². The van der Waals surface area contributed by atoms with Gasteiger partial charge in [-0.15, -0.1) is 0 Å². The summed E-state index contributed by atoms with van der Waals surface area (Å²) >= 11 is 5.84. The molecule has 2 aliphatic carbocycles. The standard InChI is InChI=1S/C15H19ClN2O2/c16-12-6-7-14(15(9-12)18(19)20)17-13-3-1-2-11(8-13)10-4-5-10/h6-7,9-11,13,17H,1-5,8H2. The maximum absolute atomic E-state index is 11.1. The summed E-state index contributed by atoms with van der Waals surface area (Å²) in [6.07, 6.45) is 7.54. The van der Waals surface area contributed by atoms with Gasteiger partial charge >= 0.3 is 0 Å². The quantitative estimate of drug-likeness (QED) is 0.650. The monoisotopic (exact) mass is 294 g/mol. The van der Waals surface area contributed by atoms with Crippen molar-refractivity contribution in [1.29, 1.82) is 0 Å². The number of nitrogens with zero attached hydrogens (tertiary/aromatic N) is 1. The van der Waals surface area contributed by atoms with Crippen molar-refractivity contribution in [3.63, 3.8) is 0 Å². The van der Waals surface area contributed by atoms with E-state index in [4.69, 9.17) is 11.6 Å². The molecule has 0 amide bonds. The Balaban J connectivity index is 1.71. The number of hydrogen-bond donors (Lipinski definition) is 1. The number of nitrogens with one attached hydrogen (secondary N) is 1. The second-order valence-corrected chi connectivity index (χ2v) is 6.46. The van der Waals surface area contributed by atoms with Gasteiger partial charge in [0.1, 0.15) is 5.69 Å². The van der Waals surface area contributed by atoms with E-state index in [1.807, 2.05) is 0 Å². The molecule has 2 unspecified atom stereocenters. The predicted molar refractivity (Wildman–Crippen MR) is 80.2 cm³/mol. The second-order valence-electron chi connectivity index (χ2n) is 6.02. The number of anilines is 1. The molecule has 1 aromatic carbocycles. The number of rotatable bonds is 4. The Bertz CT molecular complexity index is 517. The maximum atomic E-state index is 11.1. The Morgan fingerprint density at radius 1 is 1.20 bits per heavy atom. The van der Waals surface area contributed by atoms with Crippen molar-refractivity contribution in [3.8, 4) is 0 Å². The largest absolute Gasteiger partial charge is 0.377 e. The van der Waals surface area contributed by atoms with Crippen LogP contribution in [0.1, 0.15) is 38.5 Å². The SMILES string of the molecule is O=[N+]([O-])c1cc(Cl)ccc1NC1CCCC(C2CC2)C1. The molecule has 2 aliphatic rings. The number of halogens is 1. The fourth-order valence-electron chi connectivity index (χ4n) is 3.35. The highest BCUT2D eigenvalue weighted by atomic mass is 35.5. The zero-order chi connectivity index (χ0) is 14.1. The van der Waals surface area contributed by atoms with E-state index < -0.39 is 0 Å². The van der Waals surface area contributed by atoms with Crippen molar-refractivity contribution in [2.45, 2.75) is 44.6 Å². The fraction of sp³-hybridized carbons (Fsp3) is 0.600. The normalized spacial score (nSPS) is 26.2. The van der Waals surface area contributed by atoms with Gasteiger partial charge in [-0.25, -0.2) is 0 Å². The van der Waals surface area contributed by atoms with E-state index in [1.54, 1.807) is 12.1 Å². The van der Waals surface area contributed by atoms with Crippen LogP contribution in [0.4, 0.5) is 11.4 Å². The van der Waals surface area contributed by atoms with Crippen molar-refractivity contribution >= 4 is 23.0 Å². The summed E-state index contributed by atoms with van der Waals surface area (Å²) in [7, 11) is 0. The Morgan fingerprint density at radius 2 is 2.00 bits per heavy atom. The zero-order valence-electron chi connectivity index (χ0n) is 11.3. The average Bonchev–Trinajstić information content (AvgIpc) is 3.25. The molecule has 0 bridgehead atoms. The topological polar surface area (TPSA) is 55.2 Å². The molecule has 2 atom stereocenters. The Kier molecular flexibility index (Phi) is 3.83. The van der Waals surface area contributed by atoms with Crippen LogP contribution in [0, 0.1) is 22.0 Å². The fourth-order valence-corrected chi connectivity index (χ4v) is 3.52. The van der Waals surface area contributed by atoms with Gasteiger partial charge in [-0.05, 0) is 49.7 Å². The minimum Gasteiger partial charge on any atom is -0.377 e.